The van der Waals surface area contributed by atoms with Crippen LogP contribution in [0.15, 0.2) is 41.5 Å². The van der Waals surface area contributed by atoms with E-state index >= 15 is 0 Å². The first-order chi connectivity index (χ1) is 12.6. The van der Waals surface area contributed by atoms with Crippen LogP contribution in [-0.2, 0) is 0 Å². The summed E-state index contributed by atoms with van der Waals surface area (Å²) in [4.78, 5) is 11.9. The number of fused-ring (bicyclic) bond motifs is 1. The van der Waals surface area contributed by atoms with Crippen LogP contribution < -0.4 is 9.47 Å². The number of aromatic nitrogens is 1. The van der Waals surface area contributed by atoms with E-state index in [2.05, 4.69) is 16.8 Å². The Kier molecular flexibility index (Phi) is 4.71. The SMILES string of the molecule is COc1cc([C@@H]2[C@H](c3ccccn3)N=C3S[C@@H](C)CN32)cc(Cl)c1OC. The molecule has 2 aliphatic heterocycles. The summed E-state index contributed by atoms with van der Waals surface area (Å²) in [5.41, 5.74) is 2.01. The number of pyridine rings is 1. The molecular weight excluding hydrogens is 370 g/mol. The van der Waals surface area contributed by atoms with Gasteiger partial charge in [-0.15, -0.1) is 0 Å². The highest BCUT2D eigenvalue weighted by Crippen LogP contribution is 2.49. The molecule has 3 heterocycles. The van der Waals surface area contributed by atoms with Crippen LogP contribution >= 0.6 is 23.4 Å². The molecule has 0 amide bonds. The normalized spacial score (nSPS) is 24.4. The van der Waals surface area contributed by atoms with Gasteiger partial charge in [0.25, 0.3) is 0 Å². The van der Waals surface area contributed by atoms with Crippen molar-refractivity contribution in [2.45, 2.75) is 24.3 Å². The van der Waals surface area contributed by atoms with Crippen molar-refractivity contribution in [3.05, 3.63) is 52.8 Å². The van der Waals surface area contributed by atoms with Gasteiger partial charge in [0.2, 0.25) is 0 Å². The molecule has 1 saturated heterocycles. The molecule has 3 atom stereocenters. The van der Waals surface area contributed by atoms with Gasteiger partial charge in [0.05, 0.1) is 31.0 Å². The van der Waals surface area contributed by atoms with Gasteiger partial charge in [-0.3, -0.25) is 9.98 Å². The molecule has 1 aromatic carbocycles. The standard InChI is InChI=1S/C19H20ClN3O2S/c1-11-10-23-17(12-8-13(20)18(25-3)15(9-12)24-2)16(22-19(23)26-11)14-6-4-5-7-21-14/h4-9,11,16-17H,10H2,1-3H3/t11-,16-,17+/m0/s1. The Bertz CT molecular complexity index is 846. The molecule has 4 rings (SSSR count). The Balaban J connectivity index is 1.81. The summed E-state index contributed by atoms with van der Waals surface area (Å²) in [6.07, 6.45) is 1.81. The number of methoxy groups -OCH3 is 2. The van der Waals surface area contributed by atoms with Crippen LogP contribution in [-0.4, -0.2) is 41.1 Å². The molecule has 2 aliphatic rings. The molecule has 0 aliphatic carbocycles. The summed E-state index contributed by atoms with van der Waals surface area (Å²) in [7, 11) is 3.22. The molecule has 0 saturated carbocycles. The molecule has 2 aromatic rings. The third-order valence-electron chi connectivity index (χ3n) is 4.68. The third kappa shape index (κ3) is 2.91. The minimum absolute atomic E-state index is 0.0367. The highest BCUT2D eigenvalue weighted by atomic mass is 35.5. The largest absolute Gasteiger partial charge is 0.493 e. The Morgan fingerprint density at radius 1 is 1.23 bits per heavy atom. The maximum atomic E-state index is 6.48. The van der Waals surface area contributed by atoms with Crippen molar-refractivity contribution in [2.75, 3.05) is 20.8 Å². The van der Waals surface area contributed by atoms with Crippen LogP contribution in [0.3, 0.4) is 0 Å². The molecule has 0 radical (unpaired) electrons. The first-order valence-corrected chi connectivity index (χ1v) is 9.71. The number of ether oxygens (including phenoxy) is 2. The molecular formula is C19H20ClN3O2S. The van der Waals surface area contributed by atoms with Gasteiger partial charge in [-0.1, -0.05) is 36.4 Å². The lowest BCUT2D eigenvalue weighted by Gasteiger charge is -2.28. The number of halogens is 1. The van der Waals surface area contributed by atoms with E-state index in [1.54, 1.807) is 14.2 Å². The van der Waals surface area contributed by atoms with E-state index in [-0.39, 0.29) is 12.1 Å². The molecule has 7 heteroatoms. The summed E-state index contributed by atoms with van der Waals surface area (Å²) >= 11 is 8.29. The van der Waals surface area contributed by atoms with Crippen LogP contribution in [0, 0.1) is 0 Å². The number of hydrogen-bond acceptors (Lipinski definition) is 6. The molecule has 136 valence electrons. The van der Waals surface area contributed by atoms with Gasteiger partial charge >= 0.3 is 0 Å². The summed E-state index contributed by atoms with van der Waals surface area (Å²) in [5, 5.41) is 2.12. The maximum absolute atomic E-state index is 6.48. The van der Waals surface area contributed by atoms with Crippen LogP contribution in [0.1, 0.15) is 30.3 Å². The van der Waals surface area contributed by atoms with E-state index < -0.39 is 0 Å². The maximum Gasteiger partial charge on any atom is 0.179 e. The minimum atomic E-state index is -0.0691. The van der Waals surface area contributed by atoms with Crippen molar-refractivity contribution < 1.29 is 9.47 Å². The molecule has 0 unspecified atom stereocenters. The van der Waals surface area contributed by atoms with Crippen molar-refractivity contribution in [3.63, 3.8) is 0 Å². The van der Waals surface area contributed by atoms with E-state index in [0.717, 1.165) is 23.0 Å². The number of nitrogens with zero attached hydrogens (tertiary/aromatic N) is 3. The van der Waals surface area contributed by atoms with Gasteiger partial charge in [0, 0.05) is 18.0 Å². The van der Waals surface area contributed by atoms with Crippen LogP contribution in [0.2, 0.25) is 5.02 Å². The van der Waals surface area contributed by atoms with Gasteiger partial charge in [-0.05, 0) is 29.8 Å². The second kappa shape index (κ2) is 7.00. The summed E-state index contributed by atoms with van der Waals surface area (Å²) < 4.78 is 10.9. The van der Waals surface area contributed by atoms with Crippen LogP contribution in [0.5, 0.6) is 11.5 Å². The molecule has 0 bridgehead atoms. The molecule has 26 heavy (non-hydrogen) atoms. The van der Waals surface area contributed by atoms with Crippen LogP contribution in [0.4, 0.5) is 0 Å². The predicted octanol–water partition coefficient (Wildman–Crippen LogP) is 4.34. The number of hydrogen-bond donors (Lipinski definition) is 0. The number of amidine groups is 1. The predicted molar refractivity (Wildman–Crippen MR) is 105 cm³/mol. The van der Waals surface area contributed by atoms with E-state index in [4.69, 9.17) is 26.1 Å². The first kappa shape index (κ1) is 17.5. The van der Waals surface area contributed by atoms with E-state index in [1.807, 2.05) is 48.3 Å². The molecule has 0 spiro atoms. The number of aliphatic imine (C=N–C) groups is 1. The van der Waals surface area contributed by atoms with Crippen molar-refractivity contribution in [3.8, 4) is 11.5 Å². The first-order valence-electron chi connectivity index (χ1n) is 8.45. The number of rotatable bonds is 4. The summed E-state index contributed by atoms with van der Waals surface area (Å²) in [6, 6.07) is 9.87. The molecule has 1 aromatic heterocycles. The van der Waals surface area contributed by atoms with E-state index in [9.17, 15) is 0 Å². The Morgan fingerprint density at radius 2 is 2.08 bits per heavy atom. The van der Waals surface area contributed by atoms with Gasteiger partial charge in [0.15, 0.2) is 16.7 Å². The summed E-state index contributed by atoms with van der Waals surface area (Å²) in [5.74, 6) is 1.18. The van der Waals surface area contributed by atoms with E-state index in [1.165, 1.54) is 0 Å². The minimum Gasteiger partial charge on any atom is -0.493 e. The van der Waals surface area contributed by atoms with Crippen molar-refractivity contribution in [1.29, 1.82) is 0 Å². The van der Waals surface area contributed by atoms with Crippen molar-refractivity contribution in [2.24, 2.45) is 4.99 Å². The smallest absolute Gasteiger partial charge is 0.179 e. The number of thioether (sulfide) groups is 1. The second-order valence-corrected chi connectivity index (χ2v) is 8.19. The number of benzene rings is 1. The lowest BCUT2D eigenvalue weighted by atomic mass is 9.96. The average molecular weight is 390 g/mol. The van der Waals surface area contributed by atoms with Crippen molar-refractivity contribution in [1.82, 2.24) is 9.88 Å². The third-order valence-corrected chi connectivity index (χ3v) is 6.06. The van der Waals surface area contributed by atoms with Gasteiger partial charge < -0.3 is 14.4 Å². The fraction of sp³-hybridized carbons (Fsp3) is 0.368. The monoisotopic (exact) mass is 389 g/mol. The highest BCUT2D eigenvalue weighted by molar-refractivity contribution is 8.14. The van der Waals surface area contributed by atoms with Gasteiger partial charge in [0.1, 0.15) is 6.04 Å². The Hall–Kier alpha value is -1.92. The quantitative estimate of drug-likeness (QED) is 0.778. The fourth-order valence-electron chi connectivity index (χ4n) is 3.59. The van der Waals surface area contributed by atoms with Crippen LogP contribution in [0.25, 0.3) is 0 Å². The molecule has 5 nitrogen and oxygen atoms in total. The molecule has 0 N–H and O–H groups in total. The average Bonchev–Trinajstić information content (AvgIpc) is 3.17. The zero-order valence-electron chi connectivity index (χ0n) is 14.8. The Labute approximate surface area is 162 Å². The van der Waals surface area contributed by atoms with Crippen molar-refractivity contribution >= 4 is 28.5 Å². The zero-order chi connectivity index (χ0) is 18.3. The van der Waals surface area contributed by atoms with Gasteiger partial charge in [-0.25, -0.2) is 0 Å². The lowest BCUT2D eigenvalue weighted by Crippen LogP contribution is -2.28. The lowest BCUT2D eigenvalue weighted by molar-refractivity contribution is 0.317. The molecule has 1 fully saturated rings. The zero-order valence-corrected chi connectivity index (χ0v) is 16.4. The topological polar surface area (TPSA) is 47.0 Å². The second-order valence-electron chi connectivity index (χ2n) is 6.38. The highest BCUT2D eigenvalue weighted by Gasteiger charge is 2.43. The summed E-state index contributed by atoms with van der Waals surface area (Å²) in [6.45, 7) is 3.17. The fourth-order valence-corrected chi connectivity index (χ4v) is 4.98. The van der Waals surface area contributed by atoms with E-state index in [0.29, 0.717) is 21.8 Å². The Morgan fingerprint density at radius 3 is 2.77 bits per heavy atom. The van der Waals surface area contributed by atoms with Gasteiger partial charge in [-0.2, -0.15) is 0 Å².